The Balaban J connectivity index is 1.69. The van der Waals surface area contributed by atoms with E-state index in [1.165, 1.54) is 24.1 Å². The molecule has 6 nitrogen and oxygen atoms in total. The monoisotopic (exact) mass is 361 g/mol. The quantitative estimate of drug-likeness (QED) is 0.680. The molecule has 1 unspecified atom stereocenters. The van der Waals surface area contributed by atoms with Crippen molar-refractivity contribution in [3.8, 4) is 11.3 Å². The fourth-order valence-electron chi connectivity index (χ4n) is 5.02. The summed E-state index contributed by atoms with van der Waals surface area (Å²) in [6.45, 7) is 2.30. The minimum atomic E-state index is 0.400. The molecule has 3 aliphatic rings. The van der Waals surface area contributed by atoms with Gasteiger partial charge < -0.3 is 14.8 Å². The first-order valence-electron chi connectivity index (χ1n) is 10.0. The van der Waals surface area contributed by atoms with Crippen molar-refractivity contribution in [2.45, 2.75) is 63.3 Å². The number of nitrogens with zero attached hydrogens (tertiary/aromatic N) is 4. The van der Waals surface area contributed by atoms with E-state index in [1.807, 2.05) is 0 Å². The number of anilines is 1. The third-order valence-electron chi connectivity index (χ3n) is 6.51. The van der Waals surface area contributed by atoms with Gasteiger partial charge in [-0.15, -0.1) is 0 Å². The summed E-state index contributed by atoms with van der Waals surface area (Å²) in [6.07, 6.45) is 12.7. The van der Waals surface area contributed by atoms with Gasteiger partial charge in [0.1, 0.15) is 29.2 Å². The van der Waals surface area contributed by atoms with Crippen LogP contribution in [0.1, 0.15) is 73.9 Å². The molecule has 0 radical (unpaired) electrons. The van der Waals surface area contributed by atoms with Crippen LogP contribution < -0.4 is 5.73 Å². The van der Waals surface area contributed by atoms with Crippen LogP contribution in [0, 0.1) is 0 Å². The van der Waals surface area contributed by atoms with E-state index in [0.29, 0.717) is 23.7 Å². The van der Waals surface area contributed by atoms with E-state index in [-0.39, 0.29) is 0 Å². The molecule has 1 saturated carbocycles. The van der Waals surface area contributed by atoms with Crippen LogP contribution in [0.2, 0.25) is 0 Å². The molecule has 27 heavy (non-hydrogen) atoms. The summed E-state index contributed by atoms with van der Waals surface area (Å²) < 4.78 is 8.31. The van der Waals surface area contributed by atoms with Gasteiger partial charge >= 0.3 is 0 Å². The van der Waals surface area contributed by atoms with Gasteiger partial charge in [0, 0.05) is 28.8 Å². The van der Waals surface area contributed by atoms with Crippen molar-refractivity contribution in [2.75, 3.05) is 5.73 Å². The summed E-state index contributed by atoms with van der Waals surface area (Å²) in [5.74, 6) is 2.62. The van der Waals surface area contributed by atoms with Gasteiger partial charge in [-0.2, -0.15) is 0 Å². The van der Waals surface area contributed by atoms with E-state index < -0.39 is 0 Å². The summed E-state index contributed by atoms with van der Waals surface area (Å²) in [6, 6.07) is 0.400. The minimum absolute atomic E-state index is 0.400. The molecular formula is C21H23N5O. The zero-order valence-corrected chi connectivity index (χ0v) is 15.5. The molecule has 0 saturated heterocycles. The maximum absolute atomic E-state index is 6.38. The Labute approximate surface area is 157 Å². The molecule has 3 heterocycles. The highest BCUT2D eigenvalue weighted by Crippen LogP contribution is 2.51. The van der Waals surface area contributed by atoms with Crippen molar-refractivity contribution in [1.82, 2.24) is 19.7 Å². The van der Waals surface area contributed by atoms with Crippen LogP contribution in [-0.2, 0) is 6.42 Å². The Kier molecular flexibility index (Phi) is 3.11. The molecule has 0 amide bonds. The number of rotatable bonds is 2. The van der Waals surface area contributed by atoms with Crippen LogP contribution in [-0.4, -0.2) is 19.7 Å². The Morgan fingerprint density at radius 3 is 2.74 bits per heavy atom. The van der Waals surface area contributed by atoms with Gasteiger partial charge in [-0.05, 0) is 44.4 Å². The number of allylic oxidation sites excluding steroid dienone is 2. The molecule has 1 fully saturated rings. The molecule has 138 valence electrons. The lowest BCUT2D eigenvalue weighted by molar-refractivity contribution is 0.382. The molecule has 6 rings (SSSR count). The van der Waals surface area contributed by atoms with Crippen LogP contribution in [0.5, 0.6) is 0 Å². The molecule has 1 atom stereocenters. The van der Waals surface area contributed by atoms with Gasteiger partial charge in [-0.25, -0.2) is 9.97 Å². The average Bonchev–Trinajstić information content (AvgIpc) is 3.11. The van der Waals surface area contributed by atoms with Crippen molar-refractivity contribution < 1.29 is 4.52 Å². The second-order valence-corrected chi connectivity index (χ2v) is 8.27. The van der Waals surface area contributed by atoms with E-state index in [0.717, 1.165) is 53.7 Å². The smallest absolute Gasteiger partial charge is 0.146 e. The van der Waals surface area contributed by atoms with Crippen molar-refractivity contribution in [2.24, 2.45) is 0 Å². The maximum atomic E-state index is 6.38. The third-order valence-corrected chi connectivity index (χ3v) is 6.51. The lowest BCUT2D eigenvalue weighted by atomic mass is 9.94. The van der Waals surface area contributed by atoms with E-state index in [1.54, 1.807) is 6.33 Å². The first-order valence-corrected chi connectivity index (χ1v) is 10.0. The summed E-state index contributed by atoms with van der Waals surface area (Å²) in [5, 5.41) is 5.54. The fourth-order valence-corrected chi connectivity index (χ4v) is 5.02. The van der Waals surface area contributed by atoms with Crippen molar-refractivity contribution in [3.05, 3.63) is 35.5 Å². The molecule has 0 aromatic carbocycles. The first-order chi connectivity index (χ1) is 13.2. The zero-order chi connectivity index (χ0) is 18.1. The Morgan fingerprint density at radius 1 is 1.15 bits per heavy atom. The minimum Gasteiger partial charge on any atom is -0.383 e. The average molecular weight is 361 g/mol. The molecule has 0 bridgehead atoms. The van der Waals surface area contributed by atoms with Crippen LogP contribution in [0.3, 0.4) is 0 Å². The van der Waals surface area contributed by atoms with Gasteiger partial charge in [-0.3, -0.25) is 0 Å². The van der Waals surface area contributed by atoms with Gasteiger partial charge in [-0.1, -0.05) is 24.2 Å². The van der Waals surface area contributed by atoms with Crippen molar-refractivity contribution >= 4 is 16.9 Å². The van der Waals surface area contributed by atoms with Crippen LogP contribution >= 0.6 is 0 Å². The lowest BCUT2D eigenvalue weighted by Gasteiger charge is -2.17. The van der Waals surface area contributed by atoms with E-state index in [2.05, 4.69) is 38.8 Å². The molecule has 3 aromatic rings. The topological polar surface area (TPSA) is 82.8 Å². The Morgan fingerprint density at radius 2 is 1.96 bits per heavy atom. The maximum Gasteiger partial charge on any atom is 0.146 e. The third kappa shape index (κ3) is 2.10. The SMILES string of the molecule is CC1CCc2c(c3c(N)ncnc3n2C2CC=CC2)-c2noc(C3CC3)c21. The predicted octanol–water partition coefficient (Wildman–Crippen LogP) is 4.49. The number of nitrogens with two attached hydrogens (primary N) is 1. The Bertz CT molecular complexity index is 1080. The largest absolute Gasteiger partial charge is 0.383 e. The lowest BCUT2D eigenvalue weighted by Crippen LogP contribution is -2.10. The second-order valence-electron chi connectivity index (χ2n) is 8.27. The fraction of sp³-hybridized carbons (Fsp3) is 0.476. The van der Waals surface area contributed by atoms with E-state index >= 15 is 0 Å². The number of hydrogen-bond donors (Lipinski definition) is 1. The number of hydrogen-bond acceptors (Lipinski definition) is 5. The standard InChI is InChI=1S/C21H23N5O/c1-11-6-9-14-16(18-15(11)19(27-25-18)12-7-8-12)17-20(22)23-10-24-21(17)26(14)13-4-2-3-5-13/h2-3,10-13H,4-9H2,1H3,(H2,22,23,24). The molecule has 0 aliphatic heterocycles. The highest BCUT2D eigenvalue weighted by Gasteiger charge is 2.38. The van der Waals surface area contributed by atoms with Gasteiger partial charge in [0.25, 0.3) is 0 Å². The molecule has 2 N–H and O–H groups in total. The summed E-state index contributed by atoms with van der Waals surface area (Å²) >= 11 is 0. The highest BCUT2D eigenvalue weighted by atomic mass is 16.5. The normalized spacial score (nSPS) is 22.2. The van der Waals surface area contributed by atoms with E-state index in [4.69, 9.17) is 10.3 Å². The van der Waals surface area contributed by atoms with Crippen LogP contribution in [0.25, 0.3) is 22.3 Å². The van der Waals surface area contributed by atoms with Crippen molar-refractivity contribution in [3.63, 3.8) is 0 Å². The summed E-state index contributed by atoms with van der Waals surface area (Å²) in [5.41, 5.74) is 12.0. The zero-order valence-electron chi connectivity index (χ0n) is 15.5. The van der Waals surface area contributed by atoms with Crippen molar-refractivity contribution in [1.29, 1.82) is 0 Å². The summed E-state index contributed by atoms with van der Waals surface area (Å²) in [7, 11) is 0. The van der Waals surface area contributed by atoms with Gasteiger partial charge in [0.05, 0.1) is 5.39 Å². The molecule has 3 aliphatic carbocycles. The van der Waals surface area contributed by atoms with Crippen LogP contribution in [0.15, 0.2) is 23.0 Å². The predicted molar refractivity (Wildman–Crippen MR) is 104 cm³/mol. The van der Waals surface area contributed by atoms with Gasteiger partial charge in [0.15, 0.2) is 0 Å². The summed E-state index contributed by atoms with van der Waals surface area (Å²) in [4.78, 5) is 8.97. The molecular weight excluding hydrogens is 338 g/mol. The second kappa shape index (κ2) is 5.44. The van der Waals surface area contributed by atoms with Gasteiger partial charge in [0.2, 0.25) is 0 Å². The molecule has 0 spiro atoms. The number of fused-ring (bicyclic) bond motifs is 5. The van der Waals surface area contributed by atoms with E-state index in [9.17, 15) is 0 Å². The molecule has 6 heteroatoms. The molecule has 3 aromatic heterocycles. The Hall–Kier alpha value is -2.63. The number of nitrogen functional groups attached to an aromatic ring is 1. The highest BCUT2D eigenvalue weighted by molar-refractivity contribution is 6.02. The van der Waals surface area contributed by atoms with Crippen LogP contribution in [0.4, 0.5) is 5.82 Å². The first kappa shape index (κ1) is 15.4. The number of aromatic nitrogens is 4.